The minimum atomic E-state index is -0.225. The zero-order valence-electron chi connectivity index (χ0n) is 14.0. The topological polar surface area (TPSA) is 49.4 Å². The molecule has 24 heavy (non-hydrogen) atoms. The number of carbonyl (C=O) groups is 2. The van der Waals surface area contributed by atoms with Gasteiger partial charge in [0, 0.05) is 11.4 Å². The van der Waals surface area contributed by atoms with Crippen molar-refractivity contribution in [1.82, 2.24) is 4.90 Å². The Kier molecular flexibility index (Phi) is 6.15. The summed E-state index contributed by atoms with van der Waals surface area (Å²) >= 11 is 3.44. The molecule has 2 amide bonds. The second-order valence-corrected chi connectivity index (χ2v) is 6.62. The third kappa shape index (κ3) is 4.68. The zero-order valence-corrected chi connectivity index (χ0v) is 15.6. The third-order valence-corrected chi connectivity index (χ3v) is 4.52. The van der Waals surface area contributed by atoms with Gasteiger partial charge in [-0.25, -0.2) is 0 Å². The van der Waals surface area contributed by atoms with Crippen LogP contribution in [-0.2, 0) is 9.59 Å². The molecule has 0 bridgehead atoms. The molecule has 5 heteroatoms. The maximum Gasteiger partial charge on any atom is 0.244 e. The van der Waals surface area contributed by atoms with Gasteiger partial charge in [0.1, 0.15) is 6.54 Å². The Morgan fingerprint density at radius 1 is 1.17 bits per heavy atom. The van der Waals surface area contributed by atoms with Crippen LogP contribution < -0.4 is 5.32 Å². The van der Waals surface area contributed by atoms with E-state index in [-0.39, 0.29) is 24.4 Å². The van der Waals surface area contributed by atoms with Crippen molar-refractivity contribution >= 4 is 33.4 Å². The van der Waals surface area contributed by atoms with Gasteiger partial charge in [-0.05, 0) is 53.0 Å². The van der Waals surface area contributed by atoms with E-state index < -0.39 is 0 Å². The molecule has 4 nitrogen and oxygen atoms in total. The van der Waals surface area contributed by atoms with E-state index in [0.29, 0.717) is 5.69 Å². The van der Waals surface area contributed by atoms with Crippen LogP contribution in [0.25, 0.3) is 0 Å². The van der Waals surface area contributed by atoms with Crippen molar-refractivity contribution in [3.63, 3.8) is 0 Å². The lowest BCUT2D eigenvalue weighted by Gasteiger charge is -2.28. The molecular formula is C19H21BrN2O2. The number of benzene rings is 2. The predicted octanol–water partition coefficient (Wildman–Crippen LogP) is 4.31. The van der Waals surface area contributed by atoms with Gasteiger partial charge >= 0.3 is 0 Å². The Hall–Kier alpha value is -2.14. The minimum Gasteiger partial charge on any atom is -0.327 e. The summed E-state index contributed by atoms with van der Waals surface area (Å²) in [6.45, 7) is 5.39. The highest BCUT2D eigenvalue weighted by Crippen LogP contribution is 2.24. The van der Waals surface area contributed by atoms with Crippen LogP contribution in [0.2, 0.25) is 0 Å². The van der Waals surface area contributed by atoms with Crippen LogP contribution in [0.3, 0.4) is 0 Å². The largest absolute Gasteiger partial charge is 0.327 e. The highest BCUT2D eigenvalue weighted by atomic mass is 79.9. The van der Waals surface area contributed by atoms with E-state index in [1.807, 2.05) is 62.4 Å². The lowest BCUT2D eigenvalue weighted by Crippen LogP contribution is -2.38. The molecule has 1 atom stereocenters. The number of nitrogens with zero attached hydrogens (tertiary/aromatic N) is 1. The Morgan fingerprint density at radius 3 is 2.42 bits per heavy atom. The van der Waals surface area contributed by atoms with Gasteiger partial charge in [-0.15, -0.1) is 0 Å². The number of aryl methyl sites for hydroxylation is 1. The molecule has 0 aliphatic rings. The van der Waals surface area contributed by atoms with Crippen molar-refractivity contribution in [2.45, 2.75) is 26.8 Å². The molecule has 1 unspecified atom stereocenters. The van der Waals surface area contributed by atoms with Crippen molar-refractivity contribution in [3.8, 4) is 0 Å². The average molecular weight is 389 g/mol. The van der Waals surface area contributed by atoms with Crippen molar-refractivity contribution in [3.05, 3.63) is 64.1 Å². The van der Waals surface area contributed by atoms with Gasteiger partial charge in [0.25, 0.3) is 0 Å². The molecule has 0 aliphatic carbocycles. The lowest BCUT2D eigenvalue weighted by molar-refractivity contribution is -0.134. The van der Waals surface area contributed by atoms with Crippen LogP contribution in [0, 0.1) is 6.92 Å². The van der Waals surface area contributed by atoms with E-state index in [2.05, 4.69) is 21.2 Å². The Labute approximate surface area is 151 Å². The number of carbonyl (C=O) groups excluding carboxylic acids is 2. The van der Waals surface area contributed by atoms with E-state index in [0.717, 1.165) is 15.6 Å². The first-order valence-corrected chi connectivity index (χ1v) is 8.56. The third-order valence-electron chi connectivity index (χ3n) is 3.87. The summed E-state index contributed by atoms with van der Waals surface area (Å²) in [4.78, 5) is 25.9. The van der Waals surface area contributed by atoms with Gasteiger partial charge in [-0.2, -0.15) is 0 Å². The highest BCUT2D eigenvalue weighted by molar-refractivity contribution is 9.10. The molecule has 0 spiro atoms. The molecule has 2 aromatic carbocycles. The predicted molar refractivity (Wildman–Crippen MR) is 99.8 cm³/mol. The minimum absolute atomic E-state index is 0.00567. The molecular weight excluding hydrogens is 368 g/mol. The smallest absolute Gasteiger partial charge is 0.244 e. The first-order valence-electron chi connectivity index (χ1n) is 7.76. The highest BCUT2D eigenvalue weighted by Gasteiger charge is 2.21. The second kappa shape index (κ2) is 8.11. The van der Waals surface area contributed by atoms with E-state index in [1.165, 1.54) is 6.92 Å². The first kappa shape index (κ1) is 18.2. The Morgan fingerprint density at radius 2 is 1.83 bits per heavy atom. The quantitative estimate of drug-likeness (QED) is 0.829. The average Bonchev–Trinajstić information content (AvgIpc) is 2.55. The molecule has 0 heterocycles. The summed E-state index contributed by atoms with van der Waals surface area (Å²) in [7, 11) is 0. The van der Waals surface area contributed by atoms with Crippen LogP contribution in [0.15, 0.2) is 53.0 Å². The van der Waals surface area contributed by atoms with E-state index in [9.17, 15) is 9.59 Å². The standard InChI is InChI=1S/C19H21BrN2O2/c1-13-9-10-18(17(20)11-13)21-19(24)12-22(15(3)23)14(2)16-7-5-4-6-8-16/h4-11,14H,12H2,1-3H3,(H,21,24). The number of rotatable bonds is 5. The van der Waals surface area contributed by atoms with Gasteiger partial charge in [-0.1, -0.05) is 36.4 Å². The molecule has 0 radical (unpaired) electrons. The first-order chi connectivity index (χ1) is 11.4. The molecule has 0 fully saturated rings. The molecule has 0 saturated carbocycles. The van der Waals surface area contributed by atoms with Crippen molar-refractivity contribution in [1.29, 1.82) is 0 Å². The van der Waals surface area contributed by atoms with Gasteiger partial charge in [0.2, 0.25) is 11.8 Å². The number of hydrogen-bond donors (Lipinski definition) is 1. The number of nitrogens with one attached hydrogen (secondary N) is 1. The maximum atomic E-state index is 12.4. The van der Waals surface area contributed by atoms with Crippen LogP contribution in [0.4, 0.5) is 5.69 Å². The van der Waals surface area contributed by atoms with Crippen LogP contribution in [-0.4, -0.2) is 23.3 Å². The van der Waals surface area contributed by atoms with Crippen molar-refractivity contribution < 1.29 is 9.59 Å². The van der Waals surface area contributed by atoms with E-state index >= 15 is 0 Å². The van der Waals surface area contributed by atoms with Gasteiger partial charge < -0.3 is 10.2 Å². The molecule has 1 N–H and O–H groups in total. The molecule has 2 rings (SSSR count). The number of hydrogen-bond acceptors (Lipinski definition) is 2. The SMILES string of the molecule is CC(=O)N(CC(=O)Nc1ccc(C)cc1Br)C(C)c1ccccc1. The summed E-state index contributed by atoms with van der Waals surface area (Å²) < 4.78 is 0.821. The van der Waals surface area contributed by atoms with Gasteiger partial charge in [-0.3, -0.25) is 9.59 Å². The fraction of sp³-hybridized carbons (Fsp3) is 0.263. The van der Waals surface area contributed by atoms with Crippen LogP contribution in [0.1, 0.15) is 31.0 Å². The fourth-order valence-electron chi connectivity index (χ4n) is 2.50. The number of halogens is 1. The van der Waals surface area contributed by atoms with E-state index in [4.69, 9.17) is 0 Å². The Balaban J connectivity index is 2.10. The molecule has 2 aromatic rings. The summed E-state index contributed by atoms with van der Waals surface area (Å²) in [6, 6.07) is 15.2. The molecule has 0 aromatic heterocycles. The van der Waals surface area contributed by atoms with Crippen LogP contribution in [0.5, 0.6) is 0 Å². The molecule has 0 aliphatic heterocycles. The molecule has 0 saturated heterocycles. The number of amides is 2. The summed E-state index contributed by atoms with van der Waals surface area (Å²) in [5.41, 5.74) is 2.79. The maximum absolute atomic E-state index is 12.4. The zero-order chi connectivity index (χ0) is 17.7. The van der Waals surface area contributed by atoms with Crippen molar-refractivity contribution in [2.24, 2.45) is 0 Å². The normalized spacial score (nSPS) is 11.7. The summed E-state index contributed by atoms with van der Waals surface area (Å²) in [5, 5.41) is 2.85. The van der Waals surface area contributed by atoms with Crippen molar-refractivity contribution in [2.75, 3.05) is 11.9 Å². The monoisotopic (exact) mass is 388 g/mol. The fourth-order valence-corrected chi connectivity index (χ4v) is 3.09. The lowest BCUT2D eigenvalue weighted by atomic mass is 10.1. The van der Waals surface area contributed by atoms with E-state index in [1.54, 1.807) is 4.90 Å². The van der Waals surface area contributed by atoms with Crippen LogP contribution >= 0.6 is 15.9 Å². The Bertz CT molecular complexity index is 731. The number of anilines is 1. The summed E-state index contributed by atoms with van der Waals surface area (Å²) in [6.07, 6.45) is 0. The van der Waals surface area contributed by atoms with Gasteiger partial charge in [0.15, 0.2) is 0 Å². The molecule has 126 valence electrons. The summed E-state index contributed by atoms with van der Waals surface area (Å²) in [5.74, 6) is -0.359. The van der Waals surface area contributed by atoms with Gasteiger partial charge in [0.05, 0.1) is 11.7 Å². The second-order valence-electron chi connectivity index (χ2n) is 5.77.